The van der Waals surface area contributed by atoms with Gasteiger partial charge >= 0.3 is 0 Å². The number of carbonyl (C=O) groups is 2. The summed E-state index contributed by atoms with van der Waals surface area (Å²) in [5.41, 5.74) is 1.56. The molecule has 160 valence electrons. The first-order valence-electron chi connectivity index (χ1n) is 10.7. The molecule has 1 fully saturated rings. The second-order valence-electron chi connectivity index (χ2n) is 8.87. The Bertz CT molecular complexity index is 1220. The van der Waals surface area contributed by atoms with Crippen LogP contribution in [0.3, 0.4) is 0 Å². The second kappa shape index (κ2) is 7.27. The number of Topliss-reactive ketones (excluding diaryl/α,β-unsaturated/α-hetero) is 1. The monoisotopic (exact) mass is 426 g/mol. The summed E-state index contributed by atoms with van der Waals surface area (Å²) in [6.45, 7) is 3.74. The molecule has 1 saturated carbocycles. The Morgan fingerprint density at radius 1 is 0.781 bits per heavy atom. The number of allylic oxidation sites excluding steroid dienone is 1. The molecular weight excluding hydrogens is 403 g/mol. The molecule has 0 aliphatic heterocycles. The fraction of sp³-hybridized carbons (Fsp3) is 0.214. The Balaban J connectivity index is 1.77. The molecule has 2 unspecified atom stereocenters. The molecule has 5 rings (SSSR count). The number of fused-ring (bicyclic) bond motifs is 2. The van der Waals surface area contributed by atoms with Gasteiger partial charge in [-0.15, -0.1) is 0 Å². The maximum Gasteiger partial charge on any atom is 0.158 e. The van der Waals surface area contributed by atoms with Crippen molar-refractivity contribution in [3.63, 3.8) is 0 Å². The van der Waals surface area contributed by atoms with Crippen LogP contribution in [-0.2, 0) is 9.59 Å². The maximum atomic E-state index is 14.1. The zero-order chi connectivity index (χ0) is 22.5. The molecule has 4 heteroatoms. The lowest BCUT2D eigenvalue weighted by Crippen LogP contribution is -2.43. The molecule has 2 bridgehead atoms. The van der Waals surface area contributed by atoms with Gasteiger partial charge in [0.05, 0.1) is 16.7 Å². The van der Waals surface area contributed by atoms with Crippen LogP contribution in [0.15, 0.2) is 84.9 Å². The van der Waals surface area contributed by atoms with Crippen molar-refractivity contribution in [2.45, 2.75) is 20.0 Å². The van der Waals surface area contributed by atoms with Gasteiger partial charge in [0.1, 0.15) is 24.0 Å². The van der Waals surface area contributed by atoms with Crippen molar-refractivity contribution in [2.24, 2.45) is 16.7 Å². The summed E-state index contributed by atoms with van der Waals surface area (Å²) in [6.07, 6.45) is 0.146. The molecule has 3 aromatic carbocycles. The smallest absolute Gasteiger partial charge is 0.158 e. The second-order valence-corrected chi connectivity index (χ2v) is 8.87. The number of halogens is 1. The quantitative estimate of drug-likeness (QED) is 0.498. The van der Waals surface area contributed by atoms with E-state index in [1.54, 1.807) is 0 Å². The van der Waals surface area contributed by atoms with E-state index in [4.69, 9.17) is 4.74 Å². The van der Waals surface area contributed by atoms with Crippen molar-refractivity contribution >= 4 is 23.2 Å². The minimum absolute atomic E-state index is 0.0214. The van der Waals surface area contributed by atoms with Gasteiger partial charge in [-0.25, -0.2) is 4.39 Å². The molecule has 2 aliphatic carbocycles. The van der Waals surface area contributed by atoms with Crippen LogP contribution < -0.4 is 4.74 Å². The van der Waals surface area contributed by atoms with Crippen molar-refractivity contribution < 1.29 is 18.7 Å². The van der Waals surface area contributed by atoms with E-state index >= 15 is 0 Å². The van der Waals surface area contributed by atoms with Crippen LogP contribution in [0.5, 0.6) is 5.75 Å². The summed E-state index contributed by atoms with van der Waals surface area (Å²) in [4.78, 5) is 26.5. The largest absolute Gasteiger partial charge is 0.488 e. The first-order valence-corrected chi connectivity index (χ1v) is 10.7. The SMILES string of the molecule is CC12C(=O)C(C)(C(c3ccccc3)=C1c1ccccc1)[C@@H](Oc1ccc(F)cc1)[C@H]2C=O. The number of hydrogen-bond acceptors (Lipinski definition) is 3. The molecule has 0 spiro atoms. The molecule has 32 heavy (non-hydrogen) atoms. The number of hydrogen-bond donors (Lipinski definition) is 0. The van der Waals surface area contributed by atoms with Crippen molar-refractivity contribution in [2.75, 3.05) is 0 Å². The fourth-order valence-electron chi connectivity index (χ4n) is 5.69. The van der Waals surface area contributed by atoms with E-state index < -0.39 is 22.9 Å². The van der Waals surface area contributed by atoms with Crippen LogP contribution in [0.2, 0.25) is 0 Å². The van der Waals surface area contributed by atoms with Crippen LogP contribution >= 0.6 is 0 Å². The summed E-state index contributed by atoms with van der Waals surface area (Å²) in [7, 11) is 0. The van der Waals surface area contributed by atoms with Gasteiger partial charge in [-0.1, -0.05) is 60.7 Å². The molecule has 0 radical (unpaired) electrons. The van der Waals surface area contributed by atoms with Crippen molar-refractivity contribution in [1.82, 2.24) is 0 Å². The van der Waals surface area contributed by atoms with Gasteiger partial charge in [0.2, 0.25) is 0 Å². The third-order valence-corrected chi connectivity index (χ3v) is 7.14. The van der Waals surface area contributed by atoms with Crippen LogP contribution in [0.25, 0.3) is 11.1 Å². The first kappa shape index (κ1) is 20.4. The van der Waals surface area contributed by atoms with E-state index in [1.165, 1.54) is 24.3 Å². The predicted molar refractivity (Wildman–Crippen MR) is 121 cm³/mol. The third-order valence-electron chi connectivity index (χ3n) is 7.14. The van der Waals surface area contributed by atoms with Gasteiger partial charge in [0.25, 0.3) is 0 Å². The van der Waals surface area contributed by atoms with Gasteiger partial charge in [-0.2, -0.15) is 0 Å². The Hall–Kier alpha value is -3.53. The molecule has 0 aromatic heterocycles. The average Bonchev–Trinajstić information content (AvgIpc) is 3.10. The summed E-state index contributed by atoms with van der Waals surface area (Å²) in [6, 6.07) is 25.3. The normalized spacial score (nSPS) is 28.8. The number of aldehydes is 1. The van der Waals surface area contributed by atoms with Gasteiger partial charge in [0, 0.05) is 0 Å². The van der Waals surface area contributed by atoms with E-state index in [1.807, 2.05) is 74.5 Å². The van der Waals surface area contributed by atoms with E-state index in [0.29, 0.717) is 5.75 Å². The number of benzene rings is 3. The lowest BCUT2D eigenvalue weighted by Gasteiger charge is -2.39. The highest BCUT2D eigenvalue weighted by atomic mass is 19.1. The number of ether oxygens (including phenoxy) is 1. The summed E-state index contributed by atoms with van der Waals surface area (Å²) in [5, 5.41) is 0. The lowest BCUT2D eigenvalue weighted by atomic mass is 9.66. The Labute approximate surface area is 186 Å². The van der Waals surface area contributed by atoms with Crippen molar-refractivity contribution in [3.05, 3.63) is 102 Å². The molecule has 2 aliphatic rings. The molecule has 0 N–H and O–H groups in total. The van der Waals surface area contributed by atoms with E-state index in [9.17, 15) is 14.0 Å². The molecule has 0 saturated heterocycles. The highest BCUT2D eigenvalue weighted by Gasteiger charge is 2.73. The molecule has 4 atom stereocenters. The Morgan fingerprint density at radius 3 is 1.78 bits per heavy atom. The third kappa shape index (κ3) is 2.65. The van der Waals surface area contributed by atoms with Crippen molar-refractivity contribution in [3.8, 4) is 5.75 Å². The van der Waals surface area contributed by atoms with Gasteiger partial charge in [0.15, 0.2) is 5.78 Å². The summed E-state index contributed by atoms with van der Waals surface area (Å²) in [5.74, 6) is -0.635. The topological polar surface area (TPSA) is 43.4 Å². The summed E-state index contributed by atoms with van der Waals surface area (Å²) < 4.78 is 19.7. The molecular formula is C28H23FO3. The number of ketones is 1. The first-order chi connectivity index (χ1) is 15.4. The maximum absolute atomic E-state index is 14.1. The molecule has 3 aromatic rings. The van der Waals surface area contributed by atoms with Gasteiger partial charge < -0.3 is 9.53 Å². The fourth-order valence-corrected chi connectivity index (χ4v) is 5.69. The highest BCUT2D eigenvalue weighted by Crippen LogP contribution is 2.69. The Morgan fingerprint density at radius 2 is 1.28 bits per heavy atom. The molecule has 3 nitrogen and oxygen atoms in total. The van der Waals surface area contributed by atoms with Gasteiger partial charge in [-0.05, 0) is 60.4 Å². The van der Waals surface area contributed by atoms with E-state index in [0.717, 1.165) is 28.6 Å². The minimum atomic E-state index is -1.04. The minimum Gasteiger partial charge on any atom is -0.488 e. The van der Waals surface area contributed by atoms with Gasteiger partial charge in [-0.3, -0.25) is 4.79 Å². The van der Waals surface area contributed by atoms with Crippen LogP contribution in [0.1, 0.15) is 25.0 Å². The van der Waals surface area contributed by atoms with E-state index in [2.05, 4.69) is 0 Å². The zero-order valence-corrected chi connectivity index (χ0v) is 17.9. The van der Waals surface area contributed by atoms with Crippen LogP contribution in [0.4, 0.5) is 4.39 Å². The average molecular weight is 426 g/mol. The summed E-state index contributed by atoms with van der Waals surface area (Å²) >= 11 is 0. The number of carbonyl (C=O) groups excluding carboxylic acids is 2. The standard InChI is InChI=1S/C28H23FO3/c1-27-22(17-30)25(32-21-15-13-20(29)14-16-21)28(2,26(27)31)24(19-11-7-4-8-12-19)23(27)18-9-5-3-6-10-18/h3-17,22,25H,1-2H3/t22-,25+,27?,28?/m1/s1. The lowest BCUT2D eigenvalue weighted by molar-refractivity contribution is -0.128. The van der Waals surface area contributed by atoms with Crippen LogP contribution in [-0.4, -0.2) is 18.2 Å². The van der Waals surface area contributed by atoms with Crippen molar-refractivity contribution in [1.29, 1.82) is 0 Å². The molecule has 0 heterocycles. The zero-order valence-electron chi connectivity index (χ0n) is 17.9. The predicted octanol–water partition coefficient (Wildman–Crippen LogP) is 5.61. The molecule has 0 amide bonds. The number of rotatable bonds is 5. The van der Waals surface area contributed by atoms with E-state index in [-0.39, 0.29) is 11.6 Å². The Kier molecular flexibility index (Phi) is 4.63. The van der Waals surface area contributed by atoms with Crippen LogP contribution in [0, 0.1) is 22.6 Å². The highest BCUT2D eigenvalue weighted by molar-refractivity contribution is 6.24.